The summed E-state index contributed by atoms with van der Waals surface area (Å²) in [6.45, 7) is 10.8. The van der Waals surface area contributed by atoms with Gasteiger partial charge in [0, 0.05) is 17.5 Å². The maximum atomic E-state index is 12.1. The molecule has 0 aliphatic heterocycles. The van der Waals surface area contributed by atoms with E-state index in [9.17, 15) is 4.79 Å². The average molecular weight is 277 g/mol. The molecule has 2 unspecified atom stereocenters. The minimum atomic E-state index is -0.137. The van der Waals surface area contributed by atoms with E-state index in [1.54, 1.807) is 0 Å². The Hall–Kier alpha value is -0.280. The molecule has 0 radical (unpaired) electrons. The van der Waals surface area contributed by atoms with Crippen LogP contribution >= 0.6 is 12.4 Å². The second-order valence-electron chi connectivity index (χ2n) is 7.38. The van der Waals surface area contributed by atoms with Crippen LogP contribution < -0.4 is 11.1 Å². The number of carbonyl (C=O) groups excluding carboxylic acids is 1. The molecule has 1 amide bonds. The Labute approximate surface area is 118 Å². The highest BCUT2D eigenvalue weighted by Crippen LogP contribution is 2.29. The maximum Gasteiger partial charge on any atom is 0.223 e. The van der Waals surface area contributed by atoms with E-state index in [0.29, 0.717) is 0 Å². The summed E-state index contributed by atoms with van der Waals surface area (Å²) in [6, 6.07) is 0.219. The molecule has 0 aromatic carbocycles. The fraction of sp³-hybridized carbons (Fsp3) is 0.929. The topological polar surface area (TPSA) is 55.1 Å². The molecule has 3 nitrogen and oxygen atoms in total. The Morgan fingerprint density at radius 1 is 1.22 bits per heavy atom. The summed E-state index contributed by atoms with van der Waals surface area (Å²) in [6.07, 6.45) is 3.75. The predicted octanol–water partition coefficient (Wildman–Crippen LogP) is 2.87. The zero-order chi connectivity index (χ0) is 13.3. The molecule has 1 aliphatic carbocycles. The lowest BCUT2D eigenvalue weighted by molar-refractivity contribution is -0.126. The zero-order valence-corrected chi connectivity index (χ0v) is 13.2. The minimum absolute atomic E-state index is 0. The number of hydrogen-bond acceptors (Lipinski definition) is 2. The molecule has 4 heteroatoms. The number of carbonyl (C=O) groups is 1. The third kappa shape index (κ3) is 6.05. The summed E-state index contributed by atoms with van der Waals surface area (Å²) < 4.78 is 0. The second-order valence-corrected chi connectivity index (χ2v) is 7.38. The van der Waals surface area contributed by atoms with Crippen molar-refractivity contribution in [2.24, 2.45) is 17.1 Å². The fourth-order valence-electron chi connectivity index (χ4n) is 3.06. The predicted molar refractivity (Wildman–Crippen MR) is 78.9 cm³/mol. The summed E-state index contributed by atoms with van der Waals surface area (Å²) in [5.74, 6) is 0.316. The first-order valence-corrected chi connectivity index (χ1v) is 6.67. The second kappa shape index (κ2) is 6.25. The molecule has 1 fully saturated rings. The van der Waals surface area contributed by atoms with Crippen LogP contribution in [0.5, 0.6) is 0 Å². The number of rotatable bonds is 3. The first-order chi connectivity index (χ1) is 7.59. The zero-order valence-electron chi connectivity index (χ0n) is 12.4. The van der Waals surface area contributed by atoms with Gasteiger partial charge >= 0.3 is 0 Å². The summed E-state index contributed by atoms with van der Waals surface area (Å²) >= 11 is 0. The first kappa shape index (κ1) is 17.7. The van der Waals surface area contributed by atoms with E-state index >= 15 is 0 Å². The normalized spacial score (nSPS) is 24.6. The minimum Gasteiger partial charge on any atom is -0.351 e. The Kier molecular flexibility index (Phi) is 6.15. The van der Waals surface area contributed by atoms with Crippen molar-refractivity contribution in [2.45, 2.75) is 71.9 Å². The highest BCUT2D eigenvalue weighted by atomic mass is 35.5. The SMILES string of the molecule is CC(C)(C)CC(C)(C)NC(=O)C1CCC(N)C1.Cl. The largest absolute Gasteiger partial charge is 0.351 e. The van der Waals surface area contributed by atoms with Crippen molar-refractivity contribution in [2.75, 3.05) is 0 Å². The van der Waals surface area contributed by atoms with Crippen molar-refractivity contribution in [3.63, 3.8) is 0 Å². The molecule has 0 aromatic heterocycles. The molecule has 0 saturated heterocycles. The molecular formula is C14H29ClN2O. The van der Waals surface area contributed by atoms with Gasteiger partial charge in [-0.1, -0.05) is 20.8 Å². The van der Waals surface area contributed by atoms with E-state index in [2.05, 4.69) is 39.9 Å². The van der Waals surface area contributed by atoms with E-state index in [1.807, 2.05) is 0 Å². The molecular weight excluding hydrogens is 248 g/mol. The number of nitrogens with one attached hydrogen (secondary N) is 1. The van der Waals surface area contributed by atoms with Crippen LogP contribution in [-0.4, -0.2) is 17.5 Å². The lowest BCUT2D eigenvalue weighted by atomic mass is 9.81. The molecule has 1 aliphatic rings. The number of halogens is 1. The van der Waals surface area contributed by atoms with Crippen LogP contribution in [0, 0.1) is 11.3 Å². The smallest absolute Gasteiger partial charge is 0.223 e. The highest BCUT2D eigenvalue weighted by Gasteiger charge is 2.32. The molecule has 0 spiro atoms. The fourth-order valence-corrected chi connectivity index (χ4v) is 3.06. The molecule has 108 valence electrons. The quantitative estimate of drug-likeness (QED) is 0.833. The third-order valence-corrected chi connectivity index (χ3v) is 3.28. The summed E-state index contributed by atoms with van der Waals surface area (Å²) in [4.78, 5) is 12.1. The lowest BCUT2D eigenvalue weighted by Gasteiger charge is -2.34. The molecule has 1 rings (SSSR count). The van der Waals surface area contributed by atoms with Crippen LogP contribution in [0.25, 0.3) is 0 Å². The monoisotopic (exact) mass is 276 g/mol. The van der Waals surface area contributed by atoms with Gasteiger partial charge in [-0.2, -0.15) is 0 Å². The van der Waals surface area contributed by atoms with Crippen LogP contribution in [-0.2, 0) is 4.79 Å². The van der Waals surface area contributed by atoms with E-state index in [0.717, 1.165) is 25.7 Å². The van der Waals surface area contributed by atoms with Gasteiger partial charge in [-0.3, -0.25) is 4.79 Å². The summed E-state index contributed by atoms with van der Waals surface area (Å²) in [7, 11) is 0. The van der Waals surface area contributed by atoms with E-state index < -0.39 is 0 Å². The van der Waals surface area contributed by atoms with Crippen LogP contribution in [0.15, 0.2) is 0 Å². The van der Waals surface area contributed by atoms with Crippen molar-refractivity contribution in [1.29, 1.82) is 0 Å². The molecule has 2 atom stereocenters. The van der Waals surface area contributed by atoms with Crippen molar-refractivity contribution < 1.29 is 4.79 Å². The van der Waals surface area contributed by atoms with Crippen molar-refractivity contribution in [3.05, 3.63) is 0 Å². The number of hydrogen-bond donors (Lipinski definition) is 2. The van der Waals surface area contributed by atoms with Gasteiger partial charge in [-0.05, 0) is 44.9 Å². The Bertz CT molecular complexity index is 284. The van der Waals surface area contributed by atoms with Crippen molar-refractivity contribution in [1.82, 2.24) is 5.32 Å². The van der Waals surface area contributed by atoms with Gasteiger partial charge in [0.2, 0.25) is 5.91 Å². The van der Waals surface area contributed by atoms with Crippen LogP contribution in [0.2, 0.25) is 0 Å². The van der Waals surface area contributed by atoms with E-state index in [-0.39, 0.29) is 41.2 Å². The van der Waals surface area contributed by atoms with Crippen molar-refractivity contribution in [3.8, 4) is 0 Å². The summed E-state index contributed by atoms with van der Waals surface area (Å²) in [5.41, 5.74) is 5.94. The van der Waals surface area contributed by atoms with Crippen LogP contribution in [0.1, 0.15) is 60.3 Å². The van der Waals surface area contributed by atoms with Gasteiger partial charge in [0.25, 0.3) is 0 Å². The van der Waals surface area contributed by atoms with Gasteiger partial charge in [0.05, 0.1) is 0 Å². The van der Waals surface area contributed by atoms with Gasteiger partial charge in [-0.25, -0.2) is 0 Å². The van der Waals surface area contributed by atoms with Gasteiger partial charge in [0.1, 0.15) is 0 Å². The molecule has 1 saturated carbocycles. The van der Waals surface area contributed by atoms with Gasteiger partial charge in [-0.15, -0.1) is 12.4 Å². The Balaban J connectivity index is 0.00000289. The van der Waals surface area contributed by atoms with Gasteiger partial charge in [0.15, 0.2) is 0 Å². The number of amides is 1. The standard InChI is InChI=1S/C14H28N2O.ClH/c1-13(2,3)9-14(4,5)16-12(17)10-6-7-11(15)8-10;/h10-11H,6-9,15H2,1-5H3,(H,16,17);1H. The average Bonchev–Trinajstić information content (AvgIpc) is 2.45. The summed E-state index contributed by atoms with van der Waals surface area (Å²) in [5, 5.41) is 3.18. The van der Waals surface area contributed by atoms with E-state index in [4.69, 9.17) is 5.73 Å². The van der Waals surface area contributed by atoms with Crippen molar-refractivity contribution >= 4 is 18.3 Å². The molecule has 18 heavy (non-hydrogen) atoms. The molecule has 0 bridgehead atoms. The Morgan fingerprint density at radius 3 is 2.17 bits per heavy atom. The van der Waals surface area contributed by atoms with Gasteiger partial charge < -0.3 is 11.1 Å². The van der Waals surface area contributed by atoms with Crippen LogP contribution in [0.4, 0.5) is 0 Å². The Morgan fingerprint density at radius 2 is 1.78 bits per heavy atom. The molecule has 0 aromatic rings. The highest BCUT2D eigenvalue weighted by molar-refractivity contribution is 5.85. The number of nitrogens with two attached hydrogens (primary N) is 1. The van der Waals surface area contributed by atoms with Crippen LogP contribution in [0.3, 0.4) is 0 Å². The third-order valence-electron chi connectivity index (χ3n) is 3.28. The van der Waals surface area contributed by atoms with E-state index in [1.165, 1.54) is 0 Å². The molecule has 0 heterocycles. The molecule has 3 N–H and O–H groups in total. The first-order valence-electron chi connectivity index (χ1n) is 6.67. The maximum absolute atomic E-state index is 12.1. The lowest BCUT2D eigenvalue weighted by Crippen LogP contribution is -2.47.